The SMILES string of the molecule is CCN1CCC(c2ccc(C(=O)NC3CCC(=O)NC3=O)nc2)CC1.[HH].[HH]. The van der Waals surface area contributed by atoms with Crippen LogP contribution in [-0.4, -0.2) is 53.3 Å². The summed E-state index contributed by atoms with van der Waals surface area (Å²) in [6, 6.07) is 2.99. The largest absolute Gasteiger partial charge is 0.339 e. The molecule has 0 saturated carbocycles. The van der Waals surface area contributed by atoms with Gasteiger partial charge in [-0.05, 0) is 56.4 Å². The molecule has 2 fully saturated rings. The van der Waals surface area contributed by atoms with Gasteiger partial charge >= 0.3 is 0 Å². The predicted octanol–water partition coefficient (Wildman–Crippen LogP) is 1.31. The Morgan fingerprint density at radius 2 is 2.08 bits per heavy atom. The van der Waals surface area contributed by atoms with Gasteiger partial charge in [0.15, 0.2) is 0 Å². The van der Waals surface area contributed by atoms with E-state index in [-0.39, 0.29) is 21.1 Å². The molecule has 1 aromatic heterocycles. The van der Waals surface area contributed by atoms with Crippen molar-refractivity contribution in [1.82, 2.24) is 20.5 Å². The van der Waals surface area contributed by atoms with Crippen molar-refractivity contribution in [2.75, 3.05) is 19.6 Å². The molecule has 7 heteroatoms. The Labute approximate surface area is 150 Å². The molecule has 0 spiro atoms. The van der Waals surface area contributed by atoms with E-state index < -0.39 is 11.9 Å². The van der Waals surface area contributed by atoms with Gasteiger partial charge in [-0.15, -0.1) is 0 Å². The van der Waals surface area contributed by atoms with Crippen molar-refractivity contribution in [2.45, 2.75) is 44.6 Å². The van der Waals surface area contributed by atoms with Crippen LogP contribution in [0.3, 0.4) is 0 Å². The molecule has 0 bridgehead atoms. The normalized spacial score (nSPS) is 22.5. The Morgan fingerprint density at radius 3 is 2.68 bits per heavy atom. The van der Waals surface area contributed by atoms with Crippen LogP contribution >= 0.6 is 0 Å². The van der Waals surface area contributed by atoms with E-state index >= 15 is 0 Å². The van der Waals surface area contributed by atoms with Crippen LogP contribution in [0.1, 0.15) is 57.4 Å². The molecule has 7 nitrogen and oxygen atoms in total. The number of likely N-dealkylation sites (tertiary alicyclic amines) is 1. The highest BCUT2D eigenvalue weighted by atomic mass is 16.2. The summed E-state index contributed by atoms with van der Waals surface area (Å²) in [4.78, 5) is 41.8. The molecule has 0 radical (unpaired) electrons. The van der Waals surface area contributed by atoms with Gasteiger partial charge in [-0.3, -0.25) is 24.7 Å². The van der Waals surface area contributed by atoms with Crippen LogP contribution in [0.2, 0.25) is 0 Å². The maximum absolute atomic E-state index is 12.3. The quantitative estimate of drug-likeness (QED) is 0.801. The van der Waals surface area contributed by atoms with Crippen LogP contribution in [-0.2, 0) is 9.59 Å². The number of rotatable bonds is 4. The molecule has 2 saturated heterocycles. The van der Waals surface area contributed by atoms with Gasteiger partial charge in [-0.1, -0.05) is 13.0 Å². The summed E-state index contributed by atoms with van der Waals surface area (Å²) < 4.78 is 0. The second-order valence-electron chi connectivity index (χ2n) is 6.66. The monoisotopic (exact) mass is 348 g/mol. The van der Waals surface area contributed by atoms with E-state index in [0.717, 1.165) is 38.0 Å². The topological polar surface area (TPSA) is 91.4 Å². The van der Waals surface area contributed by atoms with Crippen LogP contribution in [0, 0.1) is 0 Å². The predicted molar refractivity (Wildman–Crippen MR) is 96.2 cm³/mol. The summed E-state index contributed by atoms with van der Waals surface area (Å²) in [7, 11) is 0. The highest BCUT2D eigenvalue weighted by Crippen LogP contribution is 2.27. The summed E-state index contributed by atoms with van der Waals surface area (Å²) in [5, 5.41) is 4.88. The zero-order valence-corrected chi connectivity index (χ0v) is 14.5. The van der Waals surface area contributed by atoms with Crippen molar-refractivity contribution in [2.24, 2.45) is 0 Å². The highest BCUT2D eigenvalue weighted by Gasteiger charge is 2.28. The average Bonchev–Trinajstić information content (AvgIpc) is 2.64. The molecule has 1 aromatic rings. The number of amides is 3. The first-order chi connectivity index (χ1) is 12.1. The van der Waals surface area contributed by atoms with Gasteiger partial charge < -0.3 is 10.2 Å². The number of nitrogens with zero attached hydrogens (tertiary/aromatic N) is 2. The van der Waals surface area contributed by atoms with E-state index in [1.165, 1.54) is 0 Å². The molecule has 3 amide bonds. The average molecular weight is 348 g/mol. The number of imide groups is 1. The van der Waals surface area contributed by atoms with E-state index in [1.807, 2.05) is 6.07 Å². The van der Waals surface area contributed by atoms with E-state index in [2.05, 4.69) is 27.4 Å². The zero-order chi connectivity index (χ0) is 17.8. The molecule has 0 aliphatic carbocycles. The molecule has 1 unspecified atom stereocenters. The number of piperidine rings is 2. The number of nitrogens with one attached hydrogen (secondary N) is 2. The Morgan fingerprint density at radius 1 is 1.32 bits per heavy atom. The molecule has 0 aromatic carbocycles. The maximum atomic E-state index is 12.3. The number of carbonyl (C=O) groups is 3. The second kappa shape index (κ2) is 7.74. The number of hydrogen-bond donors (Lipinski definition) is 2. The minimum atomic E-state index is -0.676. The second-order valence-corrected chi connectivity index (χ2v) is 6.66. The van der Waals surface area contributed by atoms with Crippen molar-refractivity contribution in [3.63, 3.8) is 0 Å². The first-order valence-corrected chi connectivity index (χ1v) is 8.89. The lowest BCUT2D eigenvalue weighted by atomic mass is 9.90. The van der Waals surface area contributed by atoms with Crippen LogP contribution < -0.4 is 10.6 Å². The summed E-state index contributed by atoms with van der Waals surface area (Å²) in [5.74, 6) is -0.652. The first kappa shape index (κ1) is 17.5. The molecule has 3 rings (SSSR count). The highest BCUT2D eigenvalue weighted by molar-refractivity contribution is 6.03. The smallest absolute Gasteiger partial charge is 0.270 e. The third-order valence-electron chi connectivity index (χ3n) is 5.07. The van der Waals surface area contributed by atoms with Gasteiger partial charge in [0.25, 0.3) is 5.91 Å². The van der Waals surface area contributed by atoms with Crippen molar-refractivity contribution >= 4 is 17.7 Å². The van der Waals surface area contributed by atoms with E-state index in [4.69, 9.17) is 0 Å². The van der Waals surface area contributed by atoms with Crippen LogP contribution in [0.25, 0.3) is 0 Å². The molecule has 2 aliphatic heterocycles. The number of carbonyl (C=O) groups excluding carboxylic acids is 3. The third kappa shape index (κ3) is 4.22. The Bertz CT molecular complexity index is 661. The summed E-state index contributed by atoms with van der Waals surface area (Å²) in [5.41, 5.74) is 1.45. The molecular weight excluding hydrogens is 320 g/mol. The Hall–Kier alpha value is -2.28. The van der Waals surface area contributed by atoms with Gasteiger partial charge in [-0.2, -0.15) is 0 Å². The van der Waals surface area contributed by atoms with Gasteiger partial charge in [-0.25, -0.2) is 0 Å². The first-order valence-electron chi connectivity index (χ1n) is 8.89. The van der Waals surface area contributed by atoms with Crippen molar-refractivity contribution in [3.8, 4) is 0 Å². The maximum Gasteiger partial charge on any atom is 0.270 e. The summed E-state index contributed by atoms with van der Waals surface area (Å²) >= 11 is 0. The van der Waals surface area contributed by atoms with E-state index in [1.54, 1.807) is 12.3 Å². The standard InChI is InChI=1S/C18H24N4O3.2H2/c1-2-22-9-7-12(8-10-22)13-3-4-14(19-11-13)17(24)20-15-5-6-16(23)21-18(15)25;;/h3-4,11-12,15H,2,5-10H2,1H3,(H,20,24)(H,21,23,25);2*1H. The molecule has 1 atom stereocenters. The molecule has 2 aliphatic rings. The minimum absolute atomic E-state index is 0. The van der Waals surface area contributed by atoms with Crippen molar-refractivity contribution in [3.05, 3.63) is 29.6 Å². The zero-order valence-electron chi connectivity index (χ0n) is 14.5. The fourth-order valence-corrected chi connectivity index (χ4v) is 3.43. The van der Waals surface area contributed by atoms with Gasteiger partial charge in [0, 0.05) is 15.5 Å². The molecule has 138 valence electrons. The number of aromatic nitrogens is 1. The molecule has 2 N–H and O–H groups in total. The minimum Gasteiger partial charge on any atom is -0.339 e. The van der Waals surface area contributed by atoms with Crippen molar-refractivity contribution < 1.29 is 17.2 Å². The molecular formula is C18H28N4O3. The van der Waals surface area contributed by atoms with Crippen LogP contribution in [0.4, 0.5) is 0 Å². The van der Waals surface area contributed by atoms with Gasteiger partial charge in [0.2, 0.25) is 11.8 Å². The van der Waals surface area contributed by atoms with Crippen molar-refractivity contribution in [1.29, 1.82) is 0 Å². The van der Waals surface area contributed by atoms with Crippen LogP contribution in [0.5, 0.6) is 0 Å². The number of pyridine rings is 1. The lowest BCUT2D eigenvalue weighted by Crippen LogP contribution is -2.52. The lowest BCUT2D eigenvalue weighted by Gasteiger charge is -2.31. The van der Waals surface area contributed by atoms with Gasteiger partial charge in [0.05, 0.1) is 0 Å². The van der Waals surface area contributed by atoms with Gasteiger partial charge in [0.1, 0.15) is 11.7 Å². The molecule has 25 heavy (non-hydrogen) atoms. The van der Waals surface area contributed by atoms with E-state index in [9.17, 15) is 14.4 Å². The number of hydrogen-bond acceptors (Lipinski definition) is 5. The third-order valence-corrected chi connectivity index (χ3v) is 5.07. The Kier molecular flexibility index (Phi) is 5.43. The summed E-state index contributed by atoms with van der Waals surface area (Å²) in [6.45, 7) is 5.46. The Balaban J connectivity index is 0.00000182. The van der Waals surface area contributed by atoms with Crippen LogP contribution in [0.15, 0.2) is 18.3 Å². The fourth-order valence-electron chi connectivity index (χ4n) is 3.43. The van der Waals surface area contributed by atoms with E-state index in [0.29, 0.717) is 18.0 Å². The fraction of sp³-hybridized carbons (Fsp3) is 0.556. The lowest BCUT2D eigenvalue weighted by molar-refractivity contribution is -0.134. The molecule has 3 heterocycles. The summed E-state index contributed by atoms with van der Waals surface area (Å²) in [6.07, 6.45) is 4.55.